The lowest BCUT2D eigenvalue weighted by Crippen LogP contribution is -2.02. The number of anilines is 4. The molecule has 0 amide bonds. The topological polar surface area (TPSA) is 168 Å². The van der Waals surface area contributed by atoms with Crippen molar-refractivity contribution in [2.45, 2.75) is 105 Å². The molecule has 4 N–H and O–H groups in total. The molecule has 0 atom stereocenters. The summed E-state index contributed by atoms with van der Waals surface area (Å²) in [5.41, 5.74) is 9.09. The summed E-state index contributed by atoms with van der Waals surface area (Å²) in [5, 5.41) is 24.5. The molecule has 4 aromatic heterocycles. The van der Waals surface area contributed by atoms with Crippen LogP contribution in [0.2, 0.25) is 0 Å². The normalized spacial score (nSPS) is 10.3. The number of nitrogens with one attached hydrogen (secondary N) is 4. The highest BCUT2D eigenvalue weighted by molar-refractivity contribution is 7.14. The molecule has 0 unspecified atom stereocenters. The largest absolute Gasteiger partial charge is 0.357 e. The maximum atomic E-state index is 11.6. The molecular weight excluding hydrogens is 977 g/mol. The van der Waals surface area contributed by atoms with Crippen LogP contribution in [-0.2, 0) is 71.0 Å². The van der Waals surface area contributed by atoms with Crippen molar-refractivity contribution in [3.63, 3.8) is 0 Å². The molecule has 72 heavy (non-hydrogen) atoms. The lowest BCUT2D eigenvalue weighted by atomic mass is 10.0. The molecule has 0 radical (unpaired) electrons. The van der Waals surface area contributed by atoms with Gasteiger partial charge in [-0.1, -0.05) is 118 Å². The monoisotopic (exact) mass is 1060 g/mol. The lowest BCUT2D eigenvalue weighted by Gasteiger charge is -2.05. The second kappa shape index (κ2) is 32.3. The molecule has 0 saturated heterocycles. The Kier molecular flexibility index (Phi) is 25.2. The highest BCUT2D eigenvalue weighted by Gasteiger charge is 2.06. The van der Waals surface area contributed by atoms with Gasteiger partial charge in [0.1, 0.15) is 23.1 Å². The first-order valence-electron chi connectivity index (χ1n) is 24.0. The third-order valence-electron chi connectivity index (χ3n) is 10.6. The van der Waals surface area contributed by atoms with E-state index in [1.54, 1.807) is 77.1 Å². The van der Waals surface area contributed by atoms with E-state index in [1.807, 2.05) is 103 Å². The second-order valence-corrected chi connectivity index (χ2v) is 20.1. The van der Waals surface area contributed by atoms with Crippen LogP contribution in [0.1, 0.15) is 104 Å². The molecule has 4 heterocycles. The number of ketones is 4. The number of benzene rings is 4. The fourth-order valence-corrected chi connectivity index (χ4v) is 8.75. The minimum absolute atomic E-state index is 0. The third-order valence-corrected chi connectivity index (χ3v) is 13.5. The summed E-state index contributed by atoms with van der Waals surface area (Å²) in [6, 6.07) is 32.6. The maximum absolute atomic E-state index is 11.6. The van der Waals surface area contributed by atoms with Gasteiger partial charge in [0.05, 0.1) is 0 Å². The number of carbonyl (C=O) groups excluding carboxylic acids is 4. The summed E-state index contributed by atoms with van der Waals surface area (Å²) in [7, 11) is 0. The number of Topliss-reactive ketones (excluding diaryl/α,β-unsaturated/α-hetero) is 4. The van der Waals surface area contributed by atoms with Gasteiger partial charge in [-0.05, 0) is 57.9 Å². The van der Waals surface area contributed by atoms with Crippen LogP contribution < -0.4 is 21.3 Å². The van der Waals surface area contributed by atoms with Gasteiger partial charge in [-0.3, -0.25) is 19.2 Å². The van der Waals surface area contributed by atoms with Crippen LogP contribution in [0.4, 0.5) is 20.5 Å². The fourth-order valence-electron chi connectivity index (χ4n) is 6.64. The molecule has 0 spiro atoms. The van der Waals surface area contributed by atoms with Gasteiger partial charge in [-0.2, -0.15) is 0 Å². The molecule has 0 fully saturated rings. The minimum Gasteiger partial charge on any atom is -0.357 e. The standard InChI is InChI=1S/C15H18N2OS.2C14H16N2OS.C13H14N2OS.4H2/c1-2-3-14(18)10-12-4-6-13(7-5-12)11-17-15-16-8-9-19-15;2*1-2-13(17)9-11-3-5-12(6-4-11)10-16-14-15-7-8-18-14;1-10(16)8-11-2-4-12(5-3-11)9-15-13-14-6-7-17-13;;;;/h4-9H,2-3,10-11H2,1H3,(H,16,17);2*3-8H,2,9-10H2,1H3,(H,15,16);2-7H,8-9H2,1H3,(H,14,15);4*1H/i;;;;4*1+2. The fraction of sp³-hybridized carbons (Fsp3) is 0.286. The molecule has 0 aliphatic heterocycles. The summed E-state index contributed by atoms with van der Waals surface area (Å²) in [6.45, 7) is 10.5. The van der Waals surface area contributed by atoms with E-state index in [1.165, 1.54) is 22.3 Å². The Morgan fingerprint density at radius 3 is 0.861 bits per heavy atom. The van der Waals surface area contributed by atoms with Gasteiger partial charge in [-0.25, -0.2) is 19.9 Å². The predicted molar refractivity (Wildman–Crippen MR) is 308 cm³/mol. The van der Waals surface area contributed by atoms with Crippen molar-refractivity contribution >= 4 is 89.0 Å². The van der Waals surface area contributed by atoms with E-state index in [9.17, 15) is 19.2 Å². The Bertz CT molecular complexity index is 2660. The van der Waals surface area contributed by atoms with Crippen LogP contribution in [0.25, 0.3) is 0 Å². The van der Waals surface area contributed by atoms with Gasteiger partial charge in [0.25, 0.3) is 0 Å². The van der Waals surface area contributed by atoms with Gasteiger partial charge >= 0.3 is 0 Å². The molecule has 8 aromatic rings. The summed E-state index contributed by atoms with van der Waals surface area (Å²) in [5.74, 6) is 1.07. The van der Waals surface area contributed by atoms with E-state index < -0.39 is 0 Å². The predicted octanol–water partition coefficient (Wildman–Crippen LogP) is 14.1. The van der Waals surface area contributed by atoms with Gasteiger partial charge in [-0.15, -0.1) is 45.3 Å². The first kappa shape index (κ1) is 56.2. The number of carbonyl (C=O) groups is 4. The van der Waals surface area contributed by atoms with Gasteiger partial charge < -0.3 is 21.3 Å². The van der Waals surface area contributed by atoms with E-state index in [2.05, 4.69) is 77.6 Å². The Labute approximate surface area is 445 Å². The van der Waals surface area contributed by atoms with E-state index >= 15 is 0 Å². The molecule has 4 aromatic carbocycles. The number of hydrogen-bond acceptors (Lipinski definition) is 16. The molecule has 0 saturated carbocycles. The van der Waals surface area contributed by atoms with Crippen LogP contribution >= 0.6 is 45.3 Å². The van der Waals surface area contributed by atoms with Crippen LogP contribution in [0.5, 0.6) is 0 Å². The highest BCUT2D eigenvalue weighted by atomic mass is 32.1. The van der Waals surface area contributed by atoms with Gasteiger partial charge in [0.2, 0.25) is 0 Å². The summed E-state index contributed by atoms with van der Waals surface area (Å²) < 4.78 is 0. The number of thiazole rings is 4. The molecule has 12 nitrogen and oxygen atoms in total. The maximum Gasteiger partial charge on any atom is 0.182 e. The van der Waals surface area contributed by atoms with Crippen molar-refractivity contribution in [3.05, 3.63) is 188 Å². The summed E-state index contributed by atoms with van der Waals surface area (Å²) in [4.78, 5) is 61.8. The summed E-state index contributed by atoms with van der Waals surface area (Å²) >= 11 is 6.36. The molecule has 0 aliphatic rings. The number of aromatic nitrogens is 4. The Balaban J connectivity index is 0.000000498. The SMILES string of the molecule is CC(=O)Cc1ccc(CNc2nccs2)cc1.CCC(=O)Cc1ccc(CNc2nccs2)cc1.CCC(=O)Cc1ccc(CNc2nccs2)cc1.CCCC(=O)Cc1ccc(CNc2nccs2)cc1.[3HH].[3HH].[3HH].[3HH]. The Morgan fingerprint density at radius 2 is 0.639 bits per heavy atom. The van der Waals surface area contributed by atoms with Gasteiger partial charge in [0, 0.05) is 123 Å². The van der Waals surface area contributed by atoms with Crippen LogP contribution in [0.15, 0.2) is 143 Å². The quantitative estimate of drug-likeness (QED) is 0.0453. The van der Waals surface area contributed by atoms with E-state index in [4.69, 9.17) is 0 Å². The van der Waals surface area contributed by atoms with Gasteiger partial charge in [0.15, 0.2) is 20.5 Å². The van der Waals surface area contributed by atoms with E-state index in [0.717, 1.165) is 75.4 Å². The average molecular weight is 1060 g/mol. The first-order chi connectivity index (χ1) is 35.1. The van der Waals surface area contributed by atoms with Crippen molar-refractivity contribution in [3.8, 4) is 0 Å². The third kappa shape index (κ3) is 22.6. The van der Waals surface area contributed by atoms with Crippen molar-refractivity contribution in [2.24, 2.45) is 0 Å². The Morgan fingerprint density at radius 1 is 0.389 bits per heavy atom. The number of rotatable bonds is 24. The van der Waals surface area contributed by atoms with E-state index in [0.29, 0.717) is 50.7 Å². The molecule has 384 valence electrons. The molecule has 16 heteroatoms. The van der Waals surface area contributed by atoms with Crippen molar-refractivity contribution in [1.29, 1.82) is 0 Å². The second-order valence-electron chi connectivity index (χ2n) is 16.5. The molecular formula is C56H72N8O4S4. The van der Waals surface area contributed by atoms with Crippen LogP contribution in [-0.4, -0.2) is 43.1 Å². The highest BCUT2D eigenvalue weighted by Crippen LogP contribution is 2.17. The number of hydrogen-bond donors (Lipinski definition) is 4. The molecule has 8 rings (SSSR count). The smallest absolute Gasteiger partial charge is 0.182 e. The van der Waals surface area contributed by atoms with Crippen molar-refractivity contribution in [1.82, 2.24) is 19.9 Å². The minimum atomic E-state index is 0. The Hall–Kier alpha value is -6.72. The summed E-state index contributed by atoms with van der Waals surface area (Å²) in [6.07, 6.45) is 12.1. The molecule has 0 aliphatic carbocycles. The zero-order valence-corrected chi connectivity index (χ0v) is 44.7. The molecule has 0 bridgehead atoms. The van der Waals surface area contributed by atoms with Crippen LogP contribution in [0, 0.1) is 0 Å². The van der Waals surface area contributed by atoms with E-state index in [-0.39, 0.29) is 23.1 Å². The zero-order valence-electron chi connectivity index (χ0n) is 41.4. The zero-order chi connectivity index (χ0) is 51.2. The van der Waals surface area contributed by atoms with Crippen molar-refractivity contribution < 1.29 is 24.9 Å². The average Bonchev–Trinajstić information content (AvgIpc) is 4.27. The first-order valence-corrected chi connectivity index (χ1v) is 27.5. The van der Waals surface area contributed by atoms with Crippen molar-refractivity contribution in [2.75, 3.05) is 21.3 Å². The lowest BCUT2D eigenvalue weighted by molar-refractivity contribution is -0.119. The number of nitrogens with zero attached hydrogens (tertiary/aromatic N) is 4. The van der Waals surface area contributed by atoms with Crippen LogP contribution in [0.3, 0.4) is 0 Å².